The quantitative estimate of drug-likeness (QED) is 0.880. The molecule has 2 aromatic rings. The second kappa shape index (κ2) is 5.88. The van der Waals surface area contributed by atoms with Crippen molar-refractivity contribution in [1.29, 1.82) is 0 Å². The molecule has 1 aliphatic carbocycles. The minimum atomic E-state index is -0.922. The van der Waals surface area contributed by atoms with Crippen LogP contribution in [-0.2, 0) is 9.59 Å². The summed E-state index contributed by atoms with van der Waals surface area (Å²) in [6.07, 6.45) is 1.20. The van der Waals surface area contributed by atoms with E-state index < -0.39 is 5.41 Å². The molecule has 4 heteroatoms. The summed E-state index contributed by atoms with van der Waals surface area (Å²) in [6, 6.07) is 17.0. The van der Waals surface area contributed by atoms with E-state index in [2.05, 4.69) is 5.32 Å². The van der Waals surface area contributed by atoms with Gasteiger partial charge in [-0.1, -0.05) is 30.3 Å². The molecule has 3 rings (SSSR count). The lowest BCUT2D eigenvalue weighted by molar-refractivity contribution is -0.132. The number of carbonyl (C=O) groups is 2. The molecule has 0 radical (unpaired) electrons. The molecular formula is C19H20N2O2. The van der Waals surface area contributed by atoms with Gasteiger partial charge >= 0.3 is 0 Å². The number of para-hydroxylation sites is 1. The fraction of sp³-hybridized carbons (Fsp3) is 0.263. The number of benzene rings is 2. The fourth-order valence-corrected chi connectivity index (χ4v) is 2.73. The SMILES string of the molecule is Cc1cccc(NC(=O)C2(C(=O)N(C)c3ccccc3)CC2)c1. The van der Waals surface area contributed by atoms with Crippen molar-refractivity contribution >= 4 is 23.2 Å². The van der Waals surface area contributed by atoms with Crippen molar-refractivity contribution in [2.24, 2.45) is 5.41 Å². The maximum atomic E-state index is 12.8. The minimum absolute atomic E-state index is 0.145. The molecule has 0 spiro atoms. The largest absolute Gasteiger partial charge is 0.325 e. The molecule has 0 saturated heterocycles. The third-order valence-electron chi connectivity index (χ3n) is 4.32. The van der Waals surface area contributed by atoms with Gasteiger partial charge < -0.3 is 10.2 Å². The smallest absolute Gasteiger partial charge is 0.242 e. The third kappa shape index (κ3) is 2.97. The Hall–Kier alpha value is -2.62. The zero-order chi connectivity index (χ0) is 16.4. The van der Waals surface area contributed by atoms with E-state index in [4.69, 9.17) is 0 Å². The molecule has 2 aromatic carbocycles. The average molecular weight is 308 g/mol. The van der Waals surface area contributed by atoms with Crippen LogP contribution in [0.5, 0.6) is 0 Å². The first-order valence-corrected chi connectivity index (χ1v) is 7.74. The van der Waals surface area contributed by atoms with E-state index in [1.165, 1.54) is 0 Å². The van der Waals surface area contributed by atoms with Gasteiger partial charge in [-0.15, -0.1) is 0 Å². The Labute approximate surface area is 136 Å². The van der Waals surface area contributed by atoms with Crippen molar-refractivity contribution in [2.45, 2.75) is 19.8 Å². The second-order valence-electron chi connectivity index (χ2n) is 6.11. The van der Waals surface area contributed by atoms with Gasteiger partial charge in [0.15, 0.2) is 0 Å². The highest BCUT2D eigenvalue weighted by Gasteiger charge is 2.57. The third-order valence-corrected chi connectivity index (χ3v) is 4.32. The molecule has 1 fully saturated rings. The number of anilines is 2. The number of nitrogens with one attached hydrogen (secondary N) is 1. The zero-order valence-electron chi connectivity index (χ0n) is 13.4. The Morgan fingerprint density at radius 3 is 2.35 bits per heavy atom. The maximum Gasteiger partial charge on any atom is 0.242 e. The van der Waals surface area contributed by atoms with Crippen LogP contribution in [0.1, 0.15) is 18.4 Å². The standard InChI is InChI=1S/C19H20N2O2/c1-14-7-6-8-15(13-14)20-17(22)19(11-12-19)18(23)21(2)16-9-4-3-5-10-16/h3-10,13H,11-12H2,1-2H3,(H,20,22). The van der Waals surface area contributed by atoms with Gasteiger partial charge in [0.05, 0.1) is 0 Å². The Kier molecular flexibility index (Phi) is 3.90. The zero-order valence-corrected chi connectivity index (χ0v) is 13.4. The molecule has 118 valence electrons. The van der Waals surface area contributed by atoms with Gasteiger partial charge in [-0.05, 0) is 49.6 Å². The summed E-state index contributed by atoms with van der Waals surface area (Å²) in [4.78, 5) is 27.0. The molecule has 0 unspecified atom stereocenters. The van der Waals surface area contributed by atoms with Crippen LogP contribution in [0.25, 0.3) is 0 Å². The summed E-state index contributed by atoms with van der Waals surface area (Å²) in [5.74, 6) is -0.357. The Morgan fingerprint density at radius 1 is 1.04 bits per heavy atom. The molecule has 0 aliphatic heterocycles. The summed E-state index contributed by atoms with van der Waals surface area (Å²) >= 11 is 0. The summed E-state index contributed by atoms with van der Waals surface area (Å²) in [6.45, 7) is 1.97. The number of hydrogen-bond donors (Lipinski definition) is 1. The molecule has 2 amide bonds. The highest BCUT2D eigenvalue weighted by molar-refractivity contribution is 6.17. The van der Waals surface area contributed by atoms with Gasteiger partial charge in [-0.25, -0.2) is 0 Å². The van der Waals surface area contributed by atoms with E-state index in [0.29, 0.717) is 12.8 Å². The van der Waals surface area contributed by atoms with Crippen molar-refractivity contribution in [3.05, 3.63) is 60.2 Å². The highest BCUT2D eigenvalue weighted by atomic mass is 16.2. The van der Waals surface area contributed by atoms with Crippen LogP contribution in [-0.4, -0.2) is 18.9 Å². The molecule has 0 atom stereocenters. The minimum Gasteiger partial charge on any atom is -0.325 e. The van der Waals surface area contributed by atoms with E-state index in [1.807, 2.05) is 61.5 Å². The fourth-order valence-electron chi connectivity index (χ4n) is 2.73. The van der Waals surface area contributed by atoms with Gasteiger partial charge in [0.2, 0.25) is 11.8 Å². The normalized spacial score (nSPS) is 14.9. The molecule has 1 aliphatic rings. The van der Waals surface area contributed by atoms with Crippen LogP contribution in [0.15, 0.2) is 54.6 Å². The van der Waals surface area contributed by atoms with Crippen LogP contribution in [0.4, 0.5) is 11.4 Å². The van der Waals surface area contributed by atoms with E-state index in [0.717, 1.165) is 16.9 Å². The Bertz CT molecular complexity index is 736. The first kappa shape index (κ1) is 15.3. The van der Waals surface area contributed by atoms with E-state index in [-0.39, 0.29) is 11.8 Å². The van der Waals surface area contributed by atoms with Crippen molar-refractivity contribution in [1.82, 2.24) is 0 Å². The van der Waals surface area contributed by atoms with Gasteiger partial charge in [0.25, 0.3) is 0 Å². The lowest BCUT2D eigenvalue weighted by Gasteiger charge is -2.23. The second-order valence-corrected chi connectivity index (χ2v) is 6.11. The molecule has 0 bridgehead atoms. The van der Waals surface area contributed by atoms with E-state index >= 15 is 0 Å². The summed E-state index contributed by atoms with van der Waals surface area (Å²) in [5.41, 5.74) is 1.68. The first-order valence-electron chi connectivity index (χ1n) is 7.74. The summed E-state index contributed by atoms with van der Waals surface area (Å²) < 4.78 is 0. The molecule has 4 nitrogen and oxygen atoms in total. The van der Waals surface area contributed by atoms with Crippen LogP contribution < -0.4 is 10.2 Å². The molecule has 0 aromatic heterocycles. The molecule has 23 heavy (non-hydrogen) atoms. The van der Waals surface area contributed by atoms with E-state index in [1.54, 1.807) is 11.9 Å². The number of nitrogens with zero attached hydrogens (tertiary/aromatic N) is 1. The predicted octanol–water partition coefficient (Wildman–Crippen LogP) is 3.38. The van der Waals surface area contributed by atoms with Crippen molar-refractivity contribution in [3.63, 3.8) is 0 Å². The predicted molar refractivity (Wildman–Crippen MR) is 91.3 cm³/mol. The Morgan fingerprint density at radius 2 is 1.74 bits per heavy atom. The monoisotopic (exact) mass is 308 g/mol. The molecule has 0 heterocycles. The number of hydrogen-bond acceptors (Lipinski definition) is 2. The van der Waals surface area contributed by atoms with E-state index in [9.17, 15) is 9.59 Å². The maximum absolute atomic E-state index is 12.8. The lowest BCUT2D eigenvalue weighted by atomic mass is 10.0. The number of carbonyl (C=O) groups excluding carboxylic acids is 2. The van der Waals surface area contributed by atoms with Crippen LogP contribution >= 0.6 is 0 Å². The lowest BCUT2D eigenvalue weighted by Crippen LogP contribution is -2.41. The van der Waals surface area contributed by atoms with Gasteiger partial charge in [-0.3, -0.25) is 9.59 Å². The summed E-state index contributed by atoms with van der Waals surface area (Å²) in [7, 11) is 1.72. The van der Waals surface area contributed by atoms with Gasteiger partial charge in [0, 0.05) is 18.4 Å². The summed E-state index contributed by atoms with van der Waals surface area (Å²) in [5, 5.41) is 2.89. The Balaban J connectivity index is 1.76. The molecular weight excluding hydrogens is 288 g/mol. The number of amides is 2. The van der Waals surface area contributed by atoms with Gasteiger partial charge in [-0.2, -0.15) is 0 Å². The molecule has 1 saturated carbocycles. The van der Waals surface area contributed by atoms with Crippen molar-refractivity contribution < 1.29 is 9.59 Å². The van der Waals surface area contributed by atoms with Crippen LogP contribution in [0.3, 0.4) is 0 Å². The average Bonchev–Trinajstić information content (AvgIpc) is 3.36. The highest BCUT2D eigenvalue weighted by Crippen LogP contribution is 2.48. The van der Waals surface area contributed by atoms with Crippen molar-refractivity contribution in [2.75, 3.05) is 17.3 Å². The van der Waals surface area contributed by atoms with Crippen molar-refractivity contribution in [3.8, 4) is 0 Å². The molecule has 1 N–H and O–H groups in total. The number of aryl methyl sites for hydroxylation is 1. The van der Waals surface area contributed by atoms with Gasteiger partial charge in [0.1, 0.15) is 5.41 Å². The first-order chi connectivity index (χ1) is 11.0. The topological polar surface area (TPSA) is 49.4 Å². The number of rotatable bonds is 4. The van der Waals surface area contributed by atoms with Crippen LogP contribution in [0, 0.1) is 12.3 Å². The van der Waals surface area contributed by atoms with Crippen LogP contribution in [0.2, 0.25) is 0 Å².